The van der Waals surface area contributed by atoms with Gasteiger partial charge in [-0.05, 0) is 0 Å². The number of phosphoric acid groups is 2. The monoisotopic (exact) mass is 401 g/mol. The van der Waals surface area contributed by atoms with Crippen LogP contribution < -0.4 is 74.6 Å². The minimum absolute atomic E-state index is 0. The Morgan fingerprint density at radius 1 is 0.955 bits per heavy atom. The molecule has 0 aliphatic heterocycles. The molecule has 15 N–H and O–H groups in total. The largest absolute Gasteiger partial charge is 1.00 e. The molecule has 0 aromatic rings. The van der Waals surface area contributed by atoms with E-state index in [2.05, 4.69) is 9.05 Å². The maximum Gasteiger partial charge on any atom is 1.00 e. The van der Waals surface area contributed by atoms with Crippen molar-refractivity contribution in [3.63, 3.8) is 0 Å². The Morgan fingerprint density at radius 2 is 1.27 bits per heavy atom. The Hall–Kier alpha value is 1.94. The van der Waals surface area contributed by atoms with Crippen LogP contribution in [-0.2, 0) is 18.2 Å². The van der Waals surface area contributed by atoms with Crippen molar-refractivity contribution >= 4 is 15.6 Å². The van der Waals surface area contributed by atoms with Gasteiger partial charge in [0, 0.05) is 13.0 Å². The van der Waals surface area contributed by atoms with Crippen molar-refractivity contribution in [3.8, 4) is 0 Å². The smallest absolute Gasteiger partial charge is 0.790 e. The zero-order valence-corrected chi connectivity index (χ0v) is 17.5. The predicted molar refractivity (Wildman–Crippen MR) is 58.5 cm³/mol. The zero-order chi connectivity index (χ0) is 12.3. The molecule has 0 heterocycles. The Kier molecular flexibility index (Phi) is 43.4. The summed E-state index contributed by atoms with van der Waals surface area (Å²) in [6, 6.07) is 0. The van der Waals surface area contributed by atoms with Gasteiger partial charge in [0.15, 0.2) is 0 Å². The first-order valence-electron chi connectivity index (χ1n) is 3.39. The summed E-state index contributed by atoms with van der Waals surface area (Å²) in [6.07, 6.45) is -0.813. The second kappa shape index (κ2) is 19.3. The summed E-state index contributed by atoms with van der Waals surface area (Å²) in [7, 11) is -10.9. The van der Waals surface area contributed by atoms with Gasteiger partial charge in [0.25, 0.3) is 5.97 Å². The fourth-order valence-corrected chi connectivity index (χ4v) is 1.69. The normalized spacial score (nSPS) is 11.9. The van der Waals surface area contributed by atoms with E-state index in [0.717, 1.165) is 0 Å². The molecule has 0 saturated heterocycles. The van der Waals surface area contributed by atoms with Crippen LogP contribution in [0.3, 0.4) is 0 Å². The van der Waals surface area contributed by atoms with Crippen LogP contribution in [0.1, 0.15) is 6.42 Å². The Balaban J connectivity index is -0.0000000467. The fourth-order valence-electron chi connectivity index (χ4n) is 0.651. The molecule has 0 saturated carbocycles. The minimum Gasteiger partial charge on any atom is -0.790 e. The summed E-state index contributed by atoms with van der Waals surface area (Å²) in [5.41, 5.74) is 4.89. The van der Waals surface area contributed by atoms with Gasteiger partial charge in [-0.25, -0.2) is 9.09 Å². The van der Waals surface area contributed by atoms with Gasteiger partial charge in [0.2, 0.25) is 0 Å². The van der Waals surface area contributed by atoms with Crippen LogP contribution in [0.4, 0.5) is 0 Å². The van der Waals surface area contributed by atoms with E-state index in [4.69, 9.17) is 20.6 Å². The van der Waals surface area contributed by atoms with Crippen LogP contribution in [0.25, 0.3) is 0 Å². The summed E-state index contributed by atoms with van der Waals surface area (Å²) in [4.78, 5) is 36.8. The van der Waals surface area contributed by atoms with Gasteiger partial charge in [-0.3, -0.25) is 4.52 Å². The first-order valence-corrected chi connectivity index (χ1v) is 6.38. The van der Waals surface area contributed by atoms with Gasteiger partial charge < -0.3 is 62.4 Å². The number of nitrogens with two attached hydrogens (primary N) is 1. The van der Waals surface area contributed by atoms with Crippen molar-refractivity contribution in [2.24, 2.45) is 5.73 Å². The molecule has 22 heavy (non-hydrogen) atoms. The van der Waals surface area contributed by atoms with E-state index in [1.807, 2.05) is 0 Å². The molecule has 0 spiro atoms. The van der Waals surface area contributed by atoms with Gasteiger partial charge in [-0.1, -0.05) is 0 Å². The van der Waals surface area contributed by atoms with Crippen LogP contribution >= 0.6 is 15.6 Å². The molecule has 0 aliphatic rings. The van der Waals surface area contributed by atoms with Gasteiger partial charge in [0.1, 0.15) is 0 Å². The van der Waals surface area contributed by atoms with Crippen molar-refractivity contribution in [2.45, 2.75) is 12.4 Å². The molecule has 0 amide bonds. The average Bonchev–Trinajstić information content (AvgIpc) is 1.74. The molecule has 19 heteroatoms. The molecule has 0 aromatic heterocycles. The summed E-state index contributed by atoms with van der Waals surface area (Å²) in [5.74, 6) is -3.26. The quantitative estimate of drug-likeness (QED) is 0.185. The molecule has 132 valence electrons. The number of rotatable bonds is 6. The van der Waals surface area contributed by atoms with E-state index >= 15 is 0 Å². The number of hydrogen-bond acceptors (Lipinski definition) is 8. The van der Waals surface area contributed by atoms with Gasteiger partial charge in [-0.2, -0.15) is 0 Å². The van der Waals surface area contributed by atoms with Crippen molar-refractivity contribution in [3.05, 3.63) is 0 Å². The predicted octanol–water partition coefficient (Wildman–Crippen LogP) is -13.2. The van der Waals surface area contributed by atoms with Gasteiger partial charge >= 0.3 is 66.9 Å². The van der Waals surface area contributed by atoms with E-state index < -0.39 is 34.6 Å². The van der Waals surface area contributed by atoms with Crippen LogP contribution in [0.5, 0.6) is 0 Å². The fraction of sp³-hybridized carbons (Fsp3) is 1.00. The summed E-state index contributed by atoms with van der Waals surface area (Å²) in [6.45, 7) is -0.434. The van der Waals surface area contributed by atoms with Crippen LogP contribution in [0, 0.1) is 0 Å². The van der Waals surface area contributed by atoms with Crippen molar-refractivity contribution in [2.75, 3.05) is 6.54 Å². The molecule has 0 rings (SSSR count). The second-order valence-corrected chi connectivity index (χ2v) is 4.61. The number of phosphoric ester groups is 2. The Labute approximate surface area is 168 Å². The Bertz CT molecular complexity index is 280. The van der Waals surface area contributed by atoms with E-state index in [0.29, 0.717) is 0 Å². The van der Waals surface area contributed by atoms with Crippen molar-refractivity contribution in [1.29, 1.82) is 0 Å². The molecular formula is C3H19NNa2O14P2. The average molecular weight is 401 g/mol. The van der Waals surface area contributed by atoms with Crippen molar-refractivity contribution in [1.82, 2.24) is 0 Å². The van der Waals surface area contributed by atoms with E-state index in [-0.39, 0.29) is 86.5 Å². The maximum absolute atomic E-state index is 10.3. The number of hydrogen-bond donors (Lipinski definition) is 4. The summed E-state index contributed by atoms with van der Waals surface area (Å²) >= 11 is 0. The molecule has 1 atom stereocenters. The molecular weight excluding hydrogens is 382 g/mol. The third-order valence-electron chi connectivity index (χ3n) is 0.976. The molecule has 0 bridgehead atoms. The summed E-state index contributed by atoms with van der Waals surface area (Å²) in [5, 5.41) is 9.09. The van der Waals surface area contributed by atoms with E-state index in [1.54, 1.807) is 0 Å². The van der Waals surface area contributed by atoms with Crippen molar-refractivity contribution < 1.29 is 129 Å². The van der Waals surface area contributed by atoms with Crippen LogP contribution in [-0.4, -0.2) is 54.8 Å². The van der Waals surface area contributed by atoms with E-state index in [1.165, 1.54) is 0 Å². The molecule has 15 nitrogen and oxygen atoms in total. The topological polar surface area (TPSA) is 343 Å². The SMILES string of the molecule is NCCC(O)(OP(=O)([O-])[O-])OP(=O)(O)O.O.O.O.O.O.[Na+].[Na+]. The maximum atomic E-state index is 10.3. The van der Waals surface area contributed by atoms with E-state index in [9.17, 15) is 18.9 Å². The number of aliphatic hydroxyl groups is 1. The third-order valence-corrected chi connectivity index (χ3v) is 2.01. The Morgan fingerprint density at radius 3 is 1.45 bits per heavy atom. The minimum atomic E-state index is -5.68. The summed E-state index contributed by atoms with van der Waals surface area (Å²) < 4.78 is 27.5. The first-order chi connectivity index (χ1) is 6.47. The van der Waals surface area contributed by atoms with Crippen LogP contribution in [0.2, 0.25) is 0 Å². The third kappa shape index (κ3) is 29.9. The second-order valence-electron chi connectivity index (χ2n) is 2.37. The molecule has 0 aromatic carbocycles. The van der Waals surface area contributed by atoms with Gasteiger partial charge in [-0.15, -0.1) is 0 Å². The first kappa shape index (κ1) is 49.6. The molecule has 1 unspecified atom stereocenters. The molecule has 0 fully saturated rings. The van der Waals surface area contributed by atoms with Gasteiger partial charge in [0.05, 0.1) is 7.82 Å². The van der Waals surface area contributed by atoms with Crippen LogP contribution in [0.15, 0.2) is 0 Å². The standard InChI is InChI=1S/C3H11NO9P2.2Na.5H2O/c4-2-1-3(5,12-14(6,7)8)13-15(9,10)11;;;;;;;/h5H,1-2,4H2,(H2,6,7,8)(H2,9,10,11);;;5*1H2/q;2*+1;;;;;/p-2. The molecule has 0 aliphatic carbocycles. The molecule has 0 radical (unpaired) electrons. The zero-order valence-electron chi connectivity index (χ0n) is 11.7.